The first-order valence-electron chi connectivity index (χ1n) is 19.3. The summed E-state index contributed by atoms with van der Waals surface area (Å²) in [6, 6.07) is 11.7. The zero-order chi connectivity index (χ0) is 40.4. The van der Waals surface area contributed by atoms with Gasteiger partial charge in [-0.1, -0.05) is 6.07 Å². The van der Waals surface area contributed by atoms with Crippen molar-refractivity contribution >= 4 is 11.8 Å². The Kier molecular flexibility index (Phi) is 15.0. The van der Waals surface area contributed by atoms with Crippen LogP contribution in [0.4, 0.5) is 5.82 Å². The number of piperidine rings is 1. The summed E-state index contributed by atoms with van der Waals surface area (Å²) in [5.41, 5.74) is 7.57. The van der Waals surface area contributed by atoms with Crippen LogP contribution >= 0.6 is 0 Å². The highest BCUT2D eigenvalue weighted by atomic mass is 16.5. The number of phenols is 2. The van der Waals surface area contributed by atoms with Crippen molar-refractivity contribution in [3.63, 3.8) is 0 Å². The summed E-state index contributed by atoms with van der Waals surface area (Å²) < 4.78 is 24.3. The highest BCUT2D eigenvalue weighted by molar-refractivity contribution is 5.68. The summed E-state index contributed by atoms with van der Waals surface area (Å²) in [7, 11) is 1.43. The number of anilines is 1. The number of aliphatic hydroxyl groups excluding tert-OH is 3. The number of aliphatic hydroxyl groups is 3. The van der Waals surface area contributed by atoms with E-state index in [9.17, 15) is 35.4 Å². The number of carboxylic acids is 1. The zero-order valence-corrected chi connectivity index (χ0v) is 32.4. The summed E-state index contributed by atoms with van der Waals surface area (Å²) in [5, 5.41) is 69.1. The number of aromatic nitrogens is 1. The predicted molar refractivity (Wildman–Crippen MR) is 208 cm³/mol. The molecule has 1 aromatic heterocycles. The third kappa shape index (κ3) is 11.1. The number of pyridine rings is 1. The van der Waals surface area contributed by atoms with Gasteiger partial charge in [0, 0.05) is 42.8 Å². The van der Waals surface area contributed by atoms with E-state index < -0.39 is 41.7 Å². The number of nitrogen functional groups attached to an aromatic ring is 1. The van der Waals surface area contributed by atoms with Crippen LogP contribution < -0.4 is 30.6 Å². The molecule has 3 heterocycles. The van der Waals surface area contributed by atoms with E-state index in [-0.39, 0.29) is 67.9 Å². The van der Waals surface area contributed by atoms with E-state index >= 15 is 0 Å². The van der Waals surface area contributed by atoms with Crippen molar-refractivity contribution in [2.75, 3.05) is 39.3 Å². The summed E-state index contributed by atoms with van der Waals surface area (Å²) in [4.78, 5) is 16.4. The molecule has 15 heteroatoms. The van der Waals surface area contributed by atoms with Crippen LogP contribution in [-0.2, 0) is 22.4 Å². The van der Waals surface area contributed by atoms with E-state index in [1.54, 1.807) is 49.5 Å². The first kappa shape index (κ1) is 42.8. The molecule has 0 bridgehead atoms. The molecule has 5 rings (SSSR count). The van der Waals surface area contributed by atoms with Crippen LogP contribution in [0.2, 0.25) is 0 Å². The Morgan fingerprint density at radius 1 is 1.11 bits per heavy atom. The fourth-order valence-electron chi connectivity index (χ4n) is 8.08. The lowest BCUT2D eigenvalue weighted by molar-refractivity contribution is -0.144. The molecule has 2 aliphatic heterocycles. The number of ether oxygens (including phenoxy) is 4. The molecule has 56 heavy (non-hydrogen) atoms. The molecular formula is C41H58N4O11. The van der Waals surface area contributed by atoms with E-state index in [1.165, 1.54) is 7.11 Å². The molecule has 8 atom stereocenters. The third-order valence-electron chi connectivity index (χ3n) is 11.0. The summed E-state index contributed by atoms with van der Waals surface area (Å²) >= 11 is 0. The van der Waals surface area contributed by atoms with Crippen molar-refractivity contribution in [1.29, 1.82) is 0 Å². The third-order valence-corrected chi connectivity index (χ3v) is 11.0. The molecule has 0 aliphatic carbocycles. The second kappa shape index (κ2) is 19.7. The number of benzene rings is 2. The number of phenolic OH excluding ortho intramolecular Hbond substituents is 2. The second-order valence-electron chi connectivity index (χ2n) is 15.3. The van der Waals surface area contributed by atoms with Gasteiger partial charge in [-0.3, -0.25) is 10.1 Å². The van der Waals surface area contributed by atoms with Crippen molar-refractivity contribution in [1.82, 2.24) is 15.6 Å². The van der Waals surface area contributed by atoms with Gasteiger partial charge >= 0.3 is 5.97 Å². The molecule has 2 aromatic carbocycles. The fourth-order valence-corrected chi connectivity index (χ4v) is 8.08. The van der Waals surface area contributed by atoms with E-state index in [4.69, 9.17) is 24.7 Å². The highest BCUT2D eigenvalue weighted by Gasteiger charge is 2.45. The Bertz CT molecular complexity index is 1750. The number of nitrogens with two attached hydrogens (primary N) is 1. The van der Waals surface area contributed by atoms with Crippen LogP contribution in [0.15, 0.2) is 48.7 Å². The normalized spacial score (nSPS) is 25.7. The molecule has 2 aliphatic rings. The Morgan fingerprint density at radius 2 is 1.89 bits per heavy atom. The Labute approximate surface area is 327 Å². The van der Waals surface area contributed by atoms with Crippen molar-refractivity contribution < 1.29 is 54.4 Å². The van der Waals surface area contributed by atoms with Crippen molar-refractivity contribution in [2.24, 2.45) is 11.3 Å². The van der Waals surface area contributed by atoms with Gasteiger partial charge in [-0.25, -0.2) is 4.98 Å². The molecule has 0 spiro atoms. The number of nitrogens with one attached hydrogen (secondary N) is 2. The monoisotopic (exact) mass is 782 g/mol. The quantitative estimate of drug-likeness (QED) is 0.0626. The summed E-state index contributed by atoms with van der Waals surface area (Å²) in [5.74, 6) is -0.757. The molecular weight excluding hydrogens is 724 g/mol. The molecule has 0 amide bonds. The summed E-state index contributed by atoms with van der Waals surface area (Å²) in [6.07, 6.45) is 2.57. The van der Waals surface area contributed by atoms with Gasteiger partial charge in [0.25, 0.3) is 0 Å². The number of aromatic hydroxyl groups is 2. The van der Waals surface area contributed by atoms with E-state index in [2.05, 4.69) is 15.6 Å². The largest absolute Gasteiger partial charge is 0.504 e. The average molecular weight is 783 g/mol. The van der Waals surface area contributed by atoms with Crippen LogP contribution in [0.25, 0.3) is 0 Å². The molecule has 0 saturated carbocycles. The van der Waals surface area contributed by atoms with Crippen molar-refractivity contribution in [3.8, 4) is 28.7 Å². The van der Waals surface area contributed by atoms with Crippen LogP contribution in [0.5, 0.6) is 28.7 Å². The standard InChI is InChI=1S/C41H58N4O11/c1-24-8-11-41(20-38(50)51,19-27-9-12-44-37(42)15-27)36(45-24)22-54-35-17-28(16-34(53-3)39(35)52)40-30(10-13-46)32(49)18-29(56-40)6-4-26-5-7-31(48)33(14-26)55-23-43-21-25(2)47/h5,7,9,12,14-17,24-25,29-30,32,36,40,43,45-49,52H,4,6,8,10-11,13,18-23H2,1-3H3,(H2,42,44)(H,50,51). The minimum Gasteiger partial charge on any atom is -0.504 e. The predicted octanol–water partition coefficient (Wildman–Crippen LogP) is 3.44. The number of carbonyl (C=O) groups is 1. The number of aliphatic carboxylic acids is 1. The SMILES string of the molecule is COc1cc(C2OC(CCc3ccc(O)c(OCNCC(C)O)c3)CC(O)C2CCO)cc(OCC2NC(C)CCC2(CC(=O)O)Cc2ccnc(N)c2)c1O. The maximum absolute atomic E-state index is 12.3. The zero-order valence-electron chi connectivity index (χ0n) is 32.4. The van der Waals surface area contributed by atoms with Gasteiger partial charge in [0.1, 0.15) is 19.2 Å². The number of methoxy groups -OCH3 is 1. The van der Waals surface area contributed by atoms with Gasteiger partial charge in [0.05, 0.1) is 37.9 Å². The van der Waals surface area contributed by atoms with Gasteiger partial charge in [0.2, 0.25) is 5.75 Å². The van der Waals surface area contributed by atoms with Crippen molar-refractivity contribution in [2.45, 2.75) is 102 Å². The summed E-state index contributed by atoms with van der Waals surface area (Å²) in [6.45, 7) is 4.01. The maximum Gasteiger partial charge on any atom is 0.303 e. The van der Waals surface area contributed by atoms with Gasteiger partial charge in [-0.05, 0) is 112 Å². The van der Waals surface area contributed by atoms with E-state index in [1.807, 2.05) is 13.0 Å². The van der Waals surface area contributed by atoms with Crippen molar-refractivity contribution in [3.05, 3.63) is 65.4 Å². The van der Waals surface area contributed by atoms with Gasteiger partial charge < -0.3 is 60.6 Å². The molecule has 8 unspecified atom stereocenters. The van der Waals surface area contributed by atoms with Crippen LogP contribution in [0.3, 0.4) is 0 Å². The minimum atomic E-state index is -0.933. The Balaban J connectivity index is 1.36. The van der Waals surface area contributed by atoms with Gasteiger partial charge in [0.15, 0.2) is 23.0 Å². The molecule has 15 nitrogen and oxygen atoms in total. The lowest BCUT2D eigenvalue weighted by atomic mass is 9.67. The Hall–Kier alpha value is -4.38. The smallest absolute Gasteiger partial charge is 0.303 e. The molecule has 2 fully saturated rings. The molecule has 3 aromatic rings. The van der Waals surface area contributed by atoms with E-state index in [0.29, 0.717) is 55.8 Å². The van der Waals surface area contributed by atoms with E-state index in [0.717, 1.165) is 17.5 Å². The number of aryl methyl sites for hydroxylation is 1. The lowest BCUT2D eigenvalue weighted by Gasteiger charge is -2.46. The van der Waals surface area contributed by atoms with Crippen LogP contribution in [-0.4, -0.2) is 106 Å². The van der Waals surface area contributed by atoms with Crippen LogP contribution in [0.1, 0.15) is 75.2 Å². The lowest BCUT2D eigenvalue weighted by Crippen LogP contribution is -2.57. The number of nitrogens with zero attached hydrogens (tertiary/aromatic N) is 1. The first-order chi connectivity index (χ1) is 26.8. The molecule has 2 saturated heterocycles. The number of rotatable bonds is 19. The number of hydrogen-bond donors (Lipinski definition) is 9. The van der Waals surface area contributed by atoms with Gasteiger partial charge in [-0.15, -0.1) is 0 Å². The first-order valence-corrected chi connectivity index (χ1v) is 19.3. The molecule has 0 radical (unpaired) electrons. The average Bonchev–Trinajstić information content (AvgIpc) is 3.15. The maximum atomic E-state index is 12.3. The van der Waals surface area contributed by atoms with Gasteiger partial charge in [-0.2, -0.15) is 0 Å². The molecule has 10 N–H and O–H groups in total. The topological polar surface area (TPSA) is 238 Å². The fraction of sp³-hybridized carbons (Fsp3) is 0.561. The highest BCUT2D eigenvalue weighted by Crippen LogP contribution is 2.46. The number of hydrogen-bond acceptors (Lipinski definition) is 14. The molecule has 308 valence electrons. The second-order valence-corrected chi connectivity index (χ2v) is 15.3. The number of carboxylic acid groups (broad SMARTS) is 1. The van der Waals surface area contributed by atoms with Crippen LogP contribution in [0, 0.1) is 11.3 Å². The Morgan fingerprint density at radius 3 is 2.61 bits per heavy atom. The minimum absolute atomic E-state index is 0.0107.